The van der Waals surface area contributed by atoms with Gasteiger partial charge < -0.3 is 24.8 Å². The number of rotatable bonds is 6. The Hall–Kier alpha value is -1.63. The van der Waals surface area contributed by atoms with Crippen LogP contribution in [0.15, 0.2) is 42.5 Å². The number of ether oxygens (including phenoxy) is 2. The first-order valence-corrected chi connectivity index (χ1v) is 9.96. The molecule has 3 unspecified atom stereocenters. The largest absolute Gasteiger partial charge is 0.494 e. The SMILES string of the molecule is CCOc1ccc(Cc2cc([C@@H]3OC(C(C)O)CC(O)[C@H]3O)ccc2Cl)cc1. The zero-order valence-electron chi connectivity index (χ0n) is 16.1. The first-order valence-electron chi connectivity index (χ1n) is 9.58. The fraction of sp³-hybridized carbons (Fsp3) is 0.455. The monoisotopic (exact) mass is 406 g/mol. The van der Waals surface area contributed by atoms with E-state index in [1.54, 1.807) is 19.1 Å². The second-order valence-electron chi connectivity index (χ2n) is 7.23. The molecule has 3 N–H and O–H groups in total. The van der Waals surface area contributed by atoms with Crippen molar-refractivity contribution in [1.29, 1.82) is 0 Å². The van der Waals surface area contributed by atoms with Gasteiger partial charge in [-0.25, -0.2) is 0 Å². The molecule has 5 nitrogen and oxygen atoms in total. The van der Waals surface area contributed by atoms with Crippen molar-refractivity contribution < 1.29 is 24.8 Å². The molecule has 3 rings (SSSR count). The zero-order chi connectivity index (χ0) is 20.3. The summed E-state index contributed by atoms with van der Waals surface area (Å²) >= 11 is 6.39. The van der Waals surface area contributed by atoms with Crippen LogP contribution in [0.1, 0.15) is 43.1 Å². The number of hydrogen-bond acceptors (Lipinski definition) is 5. The van der Waals surface area contributed by atoms with Gasteiger partial charge in [-0.3, -0.25) is 0 Å². The fourth-order valence-corrected chi connectivity index (χ4v) is 3.67. The van der Waals surface area contributed by atoms with Crippen molar-refractivity contribution in [3.63, 3.8) is 0 Å². The van der Waals surface area contributed by atoms with Crippen LogP contribution >= 0.6 is 11.6 Å². The van der Waals surface area contributed by atoms with Gasteiger partial charge in [-0.2, -0.15) is 0 Å². The lowest BCUT2D eigenvalue weighted by atomic mass is 9.90. The molecule has 0 radical (unpaired) electrons. The third-order valence-corrected chi connectivity index (χ3v) is 5.43. The molecule has 1 heterocycles. The van der Waals surface area contributed by atoms with Gasteiger partial charge in [0.05, 0.1) is 24.9 Å². The second-order valence-corrected chi connectivity index (χ2v) is 7.64. The highest BCUT2D eigenvalue weighted by Gasteiger charge is 2.39. The average Bonchev–Trinajstić information content (AvgIpc) is 2.67. The lowest BCUT2D eigenvalue weighted by Gasteiger charge is -2.38. The van der Waals surface area contributed by atoms with Gasteiger partial charge in [-0.05, 0) is 55.2 Å². The quantitative estimate of drug-likeness (QED) is 0.686. The van der Waals surface area contributed by atoms with E-state index in [1.165, 1.54) is 0 Å². The molecule has 0 saturated carbocycles. The summed E-state index contributed by atoms with van der Waals surface area (Å²) in [6, 6.07) is 13.3. The molecule has 0 aliphatic carbocycles. The predicted octanol–water partition coefficient (Wildman–Crippen LogP) is 3.26. The third kappa shape index (κ3) is 4.85. The molecule has 0 bridgehead atoms. The van der Waals surface area contributed by atoms with Crippen LogP contribution in [0.5, 0.6) is 5.75 Å². The number of halogens is 1. The van der Waals surface area contributed by atoms with Crippen molar-refractivity contribution in [3.8, 4) is 5.75 Å². The standard InChI is InChI=1S/C22H27ClO5/c1-3-27-17-7-4-14(5-8-17)10-16-11-15(6-9-18(16)23)22-21(26)19(25)12-20(28-22)13(2)24/h4-9,11,13,19-22,24-26H,3,10,12H2,1-2H3/t13?,19?,20?,21-,22+/m1/s1. The van der Waals surface area contributed by atoms with Crippen molar-refractivity contribution in [2.45, 2.75) is 57.2 Å². The molecule has 1 aliphatic heterocycles. The molecular formula is C22H27ClO5. The zero-order valence-corrected chi connectivity index (χ0v) is 16.8. The summed E-state index contributed by atoms with van der Waals surface area (Å²) in [5.41, 5.74) is 2.70. The lowest BCUT2D eigenvalue weighted by molar-refractivity contribution is -0.192. The summed E-state index contributed by atoms with van der Waals surface area (Å²) < 4.78 is 11.4. The van der Waals surface area contributed by atoms with E-state index in [-0.39, 0.29) is 6.42 Å². The van der Waals surface area contributed by atoms with E-state index in [1.807, 2.05) is 37.3 Å². The van der Waals surface area contributed by atoms with Crippen LogP contribution in [0.3, 0.4) is 0 Å². The average molecular weight is 407 g/mol. The lowest BCUT2D eigenvalue weighted by Crippen LogP contribution is -2.46. The van der Waals surface area contributed by atoms with Crippen molar-refractivity contribution in [1.82, 2.24) is 0 Å². The molecule has 152 valence electrons. The van der Waals surface area contributed by atoms with Crippen molar-refractivity contribution in [2.24, 2.45) is 0 Å². The number of aliphatic hydroxyl groups excluding tert-OH is 3. The predicted molar refractivity (Wildman–Crippen MR) is 108 cm³/mol. The van der Waals surface area contributed by atoms with Gasteiger partial charge in [0.25, 0.3) is 0 Å². The van der Waals surface area contributed by atoms with E-state index < -0.39 is 30.5 Å². The Balaban J connectivity index is 1.82. The van der Waals surface area contributed by atoms with E-state index in [0.717, 1.165) is 22.4 Å². The summed E-state index contributed by atoms with van der Waals surface area (Å²) in [6.07, 6.45) is -3.20. The van der Waals surface area contributed by atoms with Gasteiger partial charge >= 0.3 is 0 Å². The summed E-state index contributed by atoms with van der Waals surface area (Å²) in [6.45, 7) is 4.18. The number of benzene rings is 2. The van der Waals surface area contributed by atoms with Gasteiger partial charge in [0.2, 0.25) is 0 Å². The van der Waals surface area contributed by atoms with Crippen LogP contribution in [-0.4, -0.2) is 46.3 Å². The van der Waals surface area contributed by atoms with Crippen molar-refractivity contribution >= 4 is 11.6 Å². The van der Waals surface area contributed by atoms with Gasteiger partial charge in [0.15, 0.2) is 0 Å². The van der Waals surface area contributed by atoms with Crippen LogP contribution in [0, 0.1) is 0 Å². The first-order chi connectivity index (χ1) is 13.4. The molecule has 2 aromatic rings. The highest BCUT2D eigenvalue weighted by Crippen LogP contribution is 2.35. The second kappa shape index (κ2) is 9.25. The van der Waals surface area contributed by atoms with E-state index in [2.05, 4.69) is 0 Å². The van der Waals surface area contributed by atoms with Crippen LogP contribution in [0.2, 0.25) is 5.02 Å². The molecule has 0 spiro atoms. The van der Waals surface area contributed by atoms with Gasteiger partial charge in [-0.15, -0.1) is 0 Å². The Morgan fingerprint density at radius 1 is 1.18 bits per heavy atom. The Morgan fingerprint density at radius 2 is 1.89 bits per heavy atom. The topological polar surface area (TPSA) is 79.2 Å². The highest BCUT2D eigenvalue weighted by atomic mass is 35.5. The molecule has 2 aromatic carbocycles. The van der Waals surface area contributed by atoms with Crippen LogP contribution < -0.4 is 4.74 Å². The van der Waals surface area contributed by atoms with E-state index >= 15 is 0 Å². The number of aliphatic hydroxyl groups is 3. The van der Waals surface area contributed by atoms with Crippen LogP contribution in [-0.2, 0) is 11.2 Å². The molecular weight excluding hydrogens is 380 g/mol. The summed E-state index contributed by atoms with van der Waals surface area (Å²) in [5, 5.41) is 31.1. The fourth-order valence-electron chi connectivity index (χ4n) is 3.49. The first kappa shape index (κ1) is 21.1. The minimum atomic E-state index is -1.06. The van der Waals surface area contributed by atoms with Crippen molar-refractivity contribution in [2.75, 3.05) is 6.61 Å². The Labute approximate surface area is 170 Å². The van der Waals surface area contributed by atoms with E-state index in [4.69, 9.17) is 21.1 Å². The maximum atomic E-state index is 10.4. The maximum Gasteiger partial charge on any atom is 0.119 e. The van der Waals surface area contributed by atoms with Gasteiger partial charge in [-0.1, -0.05) is 35.9 Å². The third-order valence-electron chi connectivity index (χ3n) is 5.06. The maximum absolute atomic E-state index is 10.4. The molecule has 1 fully saturated rings. The molecule has 28 heavy (non-hydrogen) atoms. The molecule has 0 aromatic heterocycles. The van der Waals surface area contributed by atoms with E-state index in [0.29, 0.717) is 18.1 Å². The minimum Gasteiger partial charge on any atom is -0.494 e. The van der Waals surface area contributed by atoms with Gasteiger partial charge in [0.1, 0.15) is 18.0 Å². The van der Waals surface area contributed by atoms with Crippen LogP contribution in [0.4, 0.5) is 0 Å². The molecule has 0 amide bonds. The van der Waals surface area contributed by atoms with Gasteiger partial charge in [0, 0.05) is 11.4 Å². The minimum absolute atomic E-state index is 0.196. The molecule has 1 aliphatic rings. The molecule has 6 heteroatoms. The number of hydrogen-bond donors (Lipinski definition) is 3. The molecule has 5 atom stereocenters. The normalized spacial score (nSPS) is 26.1. The Kier molecular flexibility index (Phi) is 6.96. The van der Waals surface area contributed by atoms with E-state index in [9.17, 15) is 15.3 Å². The Bertz CT molecular complexity index is 777. The smallest absolute Gasteiger partial charge is 0.119 e. The summed E-state index contributed by atoms with van der Waals surface area (Å²) in [7, 11) is 0. The molecule has 1 saturated heterocycles. The Morgan fingerprint density at radius 3 is 2.54 bits per heavy atom. The summed E-state index contributed by atoms with van der Waals surface area (Å²) in [4.78, 5) is 0. The van der Waals surface area contributed by atoms with Crippen molar-refractivity contribution in [3.05, 3.63) is 64.2 Å². The summed E-state index contributed by atoms with van der Waals surface area (Å²) in [5.74, 6) is 0.822. The van der Waals surface area contributed by atoms with Crippen LogP contribution in [0.25, 0.3) is 0 Å². The highest BCUT2D eigenvalue weighted by molar-refractivity contribution is 6.31.